The van der Waals surface area contributed by atoms with Crippen LogP contribution in [0.5, 0.6) is 0 Å². The summed E-state index contributed by atoms with van der Waals surface area (Å²) < 4.78 is 1.96. The van der Waals surface area contributed by atoms with E-state index in [0.717, 1.165) is 12.4 Å². The van der Waals surface area contributed by atoms with Crippen molar-refractivity contribution in [2.75, 3.05) is 0 Å². The third kappa shape index (κ3) is 2.28. The van der Waals surface area contributed by atoms with Crippen molar-refractivity contribution in [2.45, 2.75) is 27.3 Å². The Morgan fingerprint density at radius 1 is 1.69 bits per heavy atom. The van der Waals surface area contributed by atoms with Gasteiger partial charge in [-0.05, 0) is 13.8 Å². The number of aryl methyl sites for hydroxylation is 1. The number of carbonyl (C=O) groups is 1. The molecule has 0 amide bonds. The number of ketones is 1. The van der Waals surface area contributed by atoms with Crippen molar-refractivity contribution in [3.05, 3.63) is 29.9 Å². The maximum absolute atomic E-state index is 11.0. The van der Waals surface area contributed by atoms with Gasteiger partial charge in [-0.15, -0.1) is 0 Å². The highest BCUT2D eigenvalue weighted by Gasteiger charge is 2.05. The van der Waals surface area contributed by atoms with Crippen LogP contribution in [-0.2, 0) is 6.54 Å². The van der Waals surface area contributed by atoms with E-state index in [1.54, 1.807) is 6.20 Å². The molecule has 3 heteroatoms. The van der Waals surface area contributed by atoms with E-state index < -0.39 is 0 Å². The molecule has 0 aliphatic heterocycles. The molecule has 0 aliphatic carbocycles. The van der Waals surface area contributed by atoms with Crippen LogP contribution in [0, 0.1) is 6.92 Å². The van der Waals surface area contributed by atoms with Gasteiger partial charge in [-0.3, -0.25) is 4.79 Å². The van der Waals surface area contributed by atoms with Gasteiger partial charge in [0.2, 0.25) is 0 Å². The van der Waals surface area contributed by atoms with E-state index >= 15 is 0 Å². The molecule has 0 atom stereocenters. The van der Waals surface area contributed by atoms with Gasteiger partial charge in [0.05, 0.1) is 0 Å². The average molecular weight is 178 g/mol. The van der Waals surface area contributed by atoms with Crippen molar-refractivity contribution in [3.63, 3.8) is 0 Å². The number of rotatable bonds is 3. The maximum Gasteiger partial charge on any atom is 0.179 e. The molecular weight excluding hydrogens is 164 g/mol. The third-order valence-corrected chi connectivity index (χ3v) is 1.87. The predicted molar refractivity (Wildman–Crippen MR) is 51.8 cm³/mol. The van der Waals surface area contributed by atoms with Gasteiger partial charge in [0, 0.05) is 19.7 Å². The molecule has 0 spiro atoms. The van der Waals surface area contributed by atoms with E-state index in [1.807, 2.05) is 30.6 Å². The lowest BCUT2D eigenvalue weighted by molar-refractivity contribution is 0.101. The quantitative estimate of drug-likeness (QED) is 0.524. The molecule has 0 saturated heterocycles. The van der Waals surface area contributed by atoms with Crippen LogP contribution in [0.15, 0.2) is 18.3 Å². The number of hydrogen-bond donors (Lipinski definition) is 0. The number of allylic oxidation sites excluding steroid dienone is 2. The summed E-state index contributed by atoms with van der Waals surface area (Å²) in [6, 6.07) is 0. The highest BCUT2D eigenvalue weighted by atomic mass is 16.1. The van der Waals surface area contributed by atoms with Crippen molar-refractivity contribution in [1.82, 2.24) is 9.55 Å². The standard InChI is InChI=1S/C10H14N2O/c1-4-5-6-12-7-10(8(2)13)11-9(12)3/h4-5,7H,6H2,1-3H3/b5-4+. The van der Waals surface area contributed by atoms with Crippen molar-refractivity contribution >= 4 is 5.78 Å². The van der Waals surface area contributed by atoms with Crippen LogP contribution in [0.4, 0.5) is 0 Å². The van der Waals surface area contributed by atoms with E-state index in [-0.39, 0.29) is 5.78 Å². The van der Waals surface area contributed by atoms with Gasteiger partial charge >= 0.3 is 0 Å². The molecule has 0 bridgehead atoms. The van der Waals surface area contributed by atoms with Crippen molar-refractivity contribution in [1.29, 1.82) is 0 Å². The fourth-order valence-corrected chi connectivity index (χ4v) is 1.08. The highest BCUT2D eigenvalue weighted by molar-refractivity contribution is 5.91. The van der Waals surface area contributed by atoms with Crippen LogP contribution in [0.3, 0.4) is 0 Å². The SMILES string of the molecule is C/C=C/Cn1cc(C(C)=O)nc1C. The largest absolute Gasteiger partial charge is 0.331 e. The molecule has 3 nitrogen and oxygen atoms in total. The number of hydrogen-bond acceptors (Lipinski definition) is 2. The van der Waals surface area contributed by atoms with E-state index in [2.05, 4.69) is 4.98 Å². The highest BCUT2D eigenvalue weighted by Crippen LogP contribution is 2.03. The summed E-state index contributed by atoms with van der Waals surface area (Å²) in [6.07, 6.45) is 5.79. The Morgan fingerprint density at radius 2 is 2.38 bits per heavy atom. The Morgan fingerprint density at radius 3 is 2.85 bits per heavy atom. The molecule has 0 fully saturated rings. The second kappa shape index (κ2) is 4.03. The first-order valence-corrected chi connectivity index (χ1v) is 4.31. The van der Waals surface area contributed by atoms with Crippen molar-refractivity contribution in [3.8, 4) is 0 Å². The zero-order chi connectivity index (χ0) is 9.84. The molecule has 0 aromatic carbocycles. The van der Waals surface area contributed by atoms with Crippen LogP contribution in [-0.4, -0.2) is 15.3 Å². The lowest BCUT2D eigenvalue weighted by Crippen LogP contribution is -1.95. The smallest absolute Gasteiger partial charge is 0.179 e. The number of imidazole rings is 1. The first-order valence-electron chi connectivity index (χ1n) is 4.31. The topological polar surface area (TPSA) is 34.9 Å². The minimum absolute atomic E-state index is 0.0160. The van der Waals surface area contributed by atoms with Crippen LogP contribution in [0.1, 0.15) is 30.2 Å². The van der Waals surface area contributed by atoms with Gasteiger partial charge < -0.3 is 4.57 Å². The lowest BCUT2D eigenvalue weighted by Gasteiger charge is -1.97. The monoisotopic (exact) mass is 178 g/mol. The lowest BCUT2D eigenvalue weighted by atomic mass is 10.3. The molecular formula is C10H14N2O. The Hall–Kier alpha value is -1.38. The van der Waals surface area contributed by atoms with E-state index in [0.29, 0.717) is 5.69 Å². The number of nitrogens with zero attached hydrogens (tertiary/aromatic N) is 2. The van der Waals surface area contributed by atoms with Crippen molar-refractivity contribution in [2.24, 2.45) is 0 Å². The second-order valence-corrected chi connectivity index (χ2v) is 2.95. The molecule has 0 unspecified atom stereocenters. The Kier molecular flexibility index (Phi) is 3.01. The van der Waals surface area contributed by atoms with Gasteiger partial charge in [-0.2, -0.15) is 0 Å². The van der Waals surface area contributed by atoms with Gasteiger partial charge in [0.1, 0.15) is 11.5 Å². The zero-order valence-electron chi connectivity index (χ0n) is 8.24. The van der Waals surface area contributed by atoms with Gasteiger partial charge in [0.25, 0.3) is 0 Å². The minimum atomic E-state index is 0.0160. The Labute approximate surface area is 78.1 Å². The first kappa shape index (κ1) is 9.71. The minimum Gasteiger partial charge on any atom is -0.331 e. The summed E-state index contributed by atoms with van der Waals surface area (Å²) in [7, 11) is 0. The molecule has 1 heterocycles. The molecule has 0 radical (unpaired) electrons. The number of aromatic nitrogens is 2. The van der Waals surface area contributed by atoms with E-state index in [1.165, 1.54) is 6.92 Å². The van der Waals surface area contributed by atoms with Crippen LogP contribution in [0.2, 0.25) is 0 Å². The van der Waals surface area contributed by atoms with Gasteiger partial charge in [0.15, 0.2) is 5.78 Å². The molecule has 1 aromatic heterocycles. The van der Waals surface area contributed by atoms with Crippen LogP contribution < -0.4 is 0 Å². The van der Waals surface area contributed by atoms with E-state index in [9.17, 15) is 4.79 Å². The summed E-state index contributed by atoms with van der Waals surface area (Å²) in [5.74, 6) is 0.894. The number of Topliss-reactive ketones (excluding diaryl/α,β-unsaturated/α-hetero) is 1. The summed E-state index contributed by atoms with van der Waals surface area (Å²) in [6.45, 7) is 6.18. The van der Waals surface area contributed by atoms with Gasteiger partial charge in [-0.25, -0.2) is 4.98 Å². The fourth-order valence-electron chi connectivity index (χ4n) is 1.08. The molecule has 13 heavy (non-hydrogen) atoms. The molecule has 1 rings (SSSR count). The normalized spacial score (nSPS) is 11.0. The summed E-state index contributed by atoms with van der Waals surface area (Å²) in [4.78, 5) is 15.1. The fraction of sp³-hybridized carbons (Fsp3) is 0.400. The first-order chi connectivity index (χ1) is 6.15. The maximum atomic E-state index is 11.0. The predicted octanol–water partition coefficient (Wildman–Crippen LogP) is 1.97. The molecule has 0 saturated carbocycles. The zero-order valence-corrected chi connectivity index (χ0v) is 8.24. The molecule has 70 valence electrons. The van der Waals surface area contributed by atoms with Gasteiger partial charge in [-0.1, -0.05) is 12.2 Å². The summed E-state index contributed by atoms with van der Waals surface area (Å²) in [5, 5.41) is 0. The second-order valence-electron chi connectivity index (χ2n) is 2.95. The van der Waals surface area contributed by atoms with Crippen LogP contribution >= 0.6 is 0 Å². The Balaban J connectivity index is 2.89. The van der Waals surface area contributed by atoms with Crippen molar-refractivity contribution < 1.29 is 4.79 Å². The Bertz CT molecular complexity index is 337. The molecule has 0 aliphatic rings. The molecule has 0 N–H and O–H groups in total. The van der Waals surface area contributed by atoms with E-state index in [4.69, 9.17) is 0 Å². The third-order valence-electron chi connectivity index (χ3n) is 1.87. The molecule has 1 aromatic rings. The average Bonchev–Trinajstić information content (AvgIpc) is 2.44. The van der Waals surface area contributed by atoms with Crippen LogP contribution in [0.25, 0.3) is 0 Å². The summed E-state index contributed by atoms with van der Waals surface area (Å²) >= 11 is 0. The number of carbonyl (C=O) groups excluding carboxylic acids is 1. The summed E-state index contributed by atoms with van der Waals surface area (Å²) in [5.41, 5.74) is 0.544.